The van der Waals surface area contributed by atoms with E-state index >= 15 is 0 Å². The first-order chi connectivity index (χ1) is 16.8. The number of rotatable bonds is 8. The van der Waals surface area contributed by atoms with Crippen LogP contribution in [0.15, 0.2) is 30.3 Å². The van der Waals surface area contributed by atoms with Gasteiger partial charge in [0.25, 0.3) is 0 Å². The summed E-state index contributed by atoms with van der Waals surface area (Å²) in [6, 6.07) is 8.46. The van der Waals surface area contributed by atoms with E-state index < -0.39 is 42.7 Å². The lowest BCUT2D eigenvalue weighted by atomic mass is 9.90. The number of hydrogen-bond donors (Lipinski definition) is 6. The van der Waals surface area contributed by atoms with Crippen LogP contribution in [0.1, 0.15) is 42.1 Å². The van der Waals surface area contributed by atoms with E-state index in [0.717, 1.165) is 5.56 Å². The van der Waals surface area contributed by atoms with Crippen molar-refractivity contribution in [1.29, 1.82) is 0 Å². The summed E-state index contributed by atoms with van der Waals surface area (Å²) in [6.45, 7) is 1.38. The lowest BCUT2D eigenvalue weighted by Gasteiger charge is -2.39. The van der Waals surface area contributed by atoms with Gasteiger partial charge in [-0.05, 0) is 49.1 Å². The fourth-order valence-corrected chi connectivity index (χ4v) is 4.59. The molecule has 2 aliphatic rings. The summed E-state index contributed by atoms with van der Waals surface area (Å²) in [7, 11) is 1.44. The third-order valence-electron chi connectivity index (χ3n) is 6.56. The molecule has 1 fully saturated rings. The second-order valence-corrected chi connectivity index (χ2v) is 8.90. The van der Waals surface area contributed by atoms with E-state index in [-0.39, 0.29) is 24.7 Å². The molecule has 0 spiro atoms. The fraction of sp³-hybridized carbons (Fsp3) is 0.520. The highest BCUT2D eigenvalue weighted by molar-refractivity contribution is 5.55. The molecule has 0 bridgehead atoms. The van der Waals surface area contributed by atoms with Crippen LogP contribution in [0.2, 0.25) is 0 Å². The Morgan fingerprint density at radius 1 is 0.971 bits per heavy atom. The Kier molecular flexibility index (Phi) is 7.70. The van der Waals surface area contributed by atoms with Crippen molar-refractivity contribution in [3.63, 3.8) is 0 Å². The van der Waals surface area contributed by atoms with E-state index in [1.807, 2.05) is 6.07 Å². The molecule has 10 heteroatoms. The maximum absolute atomic E-state index is 10.5. The summed E-state index contributed by atoms with van der Waals surface area (Å²) < 4.78 is 22.8. The Morgan fingerprint density at radius 2 is 1.74 bits per heavy atom. The van der Waals surface area contributed by atoms with Gasteiger partial charge in [-0.15, -0.1) is 0 Å². The summed E-state index contributed by atoms with van der Waals surface area (Å²) in [5.74, 6) is 0.377. The topological polar surface area (TPSA) is 158 Å². The Labute approximate surface area is 202 Å². The maximum atomic E-state index is 10.5. The highest BCUT2D eigenvalue weighted by atomic mass is 16.7. The number of fused-ring (bicyclic) bond motifs is 1. The minimum atomic E-state index is -1.47. The van der Waals surface area contributed by atoms with E-state index in [0.29, 0.717) is 35.5 Å². The van der Waals surface area contributed by atoms with Gasteiger partial charge in [0.2, 0.25) is 6.29 Å². The van der Waals surface area contributed by atoms with Gasteiger partial charge in [-0.3, -0.25) is 0 Å². The zero-order chi connectivity index (χ0) is 25.3. The first-order valence-corrected chi connectivity index (χ1v) is 11.6. The van der Waals surface area contributed by atoms with Crippen LogP contribution in [0.25, 0.3) is 0 Å². The van der Waals surface area contributed by atoms with Crippen molar-refractivity contribution in [2.24, 2.45) is 0 Å². The summed E-state index contributed by atoms with van der Waals surface area (Å²) >= 11 is 0. The van der Waals surface area contributed by atoms with E-state index in [2.05, 4.69) is 0 Å². The second kappa shape index (κ2) is 10.6. The van der Waals surface area contributed by atoms with Crippen molar-refractivity contribution in [3.8, 4) is 23.0 Å². The van der Waals surface area contributed by atoms with Crippen LogP contribution in [-0.2, 0) is 11.2 Å². The van der Waals surface area contributed by atoms with Gasteiger partial charge in [0.05, 0.1) is 25.7 Å². The van der Waals surface area contributed by atoms with Crippen LogP contribution in [-0.4, -0.2) is 81.7 Å². The van der Waals surface area contributed by atoms with Gasteiger partial charge in [-0.1, -0.05) is 12.1 Å². The van der Waals surface area contributed by atoms with Crippen molar-refractivity contribution < 1.29 is 49.6 Å². The predicted molar refractivity (Wildman–Crippen MR) is 123 cm³/mol. The van der Waals surface area contributed by atoms with Crippen molar-refractivity contribution in [1.82, 2.24) is 0 Å². The van der Waals surface area contributed by atoms with E-state index in [4.69, 9.17) is 24.1 Å². The number of methoxy groups -OCH3 is 1. The van der Waals surface area contributed by atoms with Crippen LogP contribution in [0, 0.1) is 0 Å². The Morgan fingerprint density at radius 3 is 2.43 bits per heavy atom. The summed E-state index contributed by atoms with van der Waals surface area (Å²) in [5, 5.41) is 60.0. The normalized spacial score (nSPS) is 30.0. The van der Waals surface area contributed by atoms with Crippen LogP contribution in [0.4, 0.5) is 0 Å². The van der Waals surface area contributed by atoms with Crippen LogP contribution < -0.4 is 14.2 Å². The number of phenols is 1. The first-order valence-electron chi connectivity index (χ1n) is 11.6. The Balaban J connectivity index is 1.58. The molecule has 0 saturated carbocycles. The molecule has 2 aromatic carbocycles. The molecule has 2 aromatic rings. The lowest BCUT2D eigenvalue weighted by molar-refractivity contribution is -0.268. The molecule has 0 aromatic heterocycles. The molecule has 0 radical (unpaired) electrons. The number of benzene rings is 2. The van der Waals surface area contributed by atoms with Gasteiger partial charge in [-0.25, -0.2) is 0 Å². The molecule has 10 nitrogen and oxygen atoms in total. The average Bonchev–Trinajstić information content (AvgIpc) is 3.24. The monoisotopic (exact) mass is 492 g/mol. The standard InChI is InChI=1S/C25H32O10/c1-12-20(29)21(30)22(31)25(33-12)34-18-6-5-14(10-19(18)32-2)23-16(11-27)15-8-13(4-3-7-26)9-17(28)24(15)35-23/h5-6,8-10,12,16,20-23,25-31H,3-4,7,11H2,1-2H3/t12-,16+,20+,21-,22-,23+,25+/m0/s1. The third kappa shape index (κ3) is 4.90. The molecule has 0 unspecified atom stereocenters. The highest BCUT2D eigenvalue weighted by Crippen LogP contribution is 2.51. The predicted octanol–water partition coefficient (Wildman–Crippen LogP) is 0.742. The molecule has 4 rings (SSSR count). The van der Waals surface area contributed by atoms with E-state index in [9.17, 15) is 25.5 Å². The highest BCUT2D eigenvalue weighted by Gasteiger charge is 2.43. The second-order valence-electron chi connectivity index (χ2n) is 8.90. The number of ether oxygens (including phenoxy) is 4. The van der Waals surface area contributed by atoms with Crippen molar-refractivity contribution >= 4 is 0 Å². The van der Waals surface area contributed by atoms with Crippen LogP contribution in [0.3, 0.4) is 0 Å². The Hall–Kier alpha value is -2.60. The molecule has 2 heterocycles. The smallest absolute Gasteiger partial charge is 0.229 e. The molecule has 7 atom stereocenters. The molecular weight excluding hydrogens is 460 g/mol. The largest absolute Gasteiger partial charge is 0.504 e. The lowest BCUT2D eigenvalue weighted by Crippen LogP contribution is -2.58. The number of hydrogen-bond acceptors (Lipinski definition) is 10. The molecule has 2 aliphatic heterocycles. The summed E-state index contributed by atoms with van der Waals surface area (Å²) in [6.07, 6.45) is -5.60. The SMILES string of the molecule is COc1cc([C@H]2Oc3c(O)cc(CCCO)cc3[C@H]2CO)ccc1O[C@H]1O[C@@H](C)[C@@H](O)[C@H](O)[C@@H]1O. The molecule has 192 valence electrons. The number of aliphatic hydroxyl groups is 5. The van der Waals surface area contributed by atoms with Gasteiger partial charge in [0.1, 0.15) is 24.4 Å². The molecular formula is C25H32O10. The molecule has 0 aliphatic carbocycles. The van der Waals surface area contributed by atoms with Crippen molar-refractivity contribution in [2.75, 3.05) is 20.3 Å². The number of aromatic hydroxyl groups is 1. The van der Waals surface area contributed by atoms with Gasteiger partial charge in [0, 0.05) is 12.2 Å². The molecule has 0 amide bonds. The zero-order valence-electron chi connectivity index (χ0n) is 19.6. The van der Waals surface area contributed by atoms with E-state index in [1.54, 1.807) is 31.2 Å². The maximum Gasteiger partial charge on any atom is 0.229 e. The van der Waals surface area contributed by atoms with Crippen molar-refractivity contribution in [2.45, 2.75) is 62.5 Å². The molecule has 35 heavy (non-hydrogen) atoms. The van der Waals surface area contributed by atoms with Gasteiger partial charge >= 0.3 is 0 Å². The van der Waals surface area contributed by atoms with Gasteiger partial charge < -0.3 is 49.6 Å². The van der Waals surface area contributed by atoms with Crippen molar-refractivity contribution in [3.05, 3.63) is 47.0 Å². The third-order valence-corrected chi connectivity index (χ3v) is 6.56. The van der Waals surface area contributed by atoms with Gasteiger partial charge in [-0.2, -0.15) is 0 Å². The molecule has 1 saturated heterocycles. The summed E-state index contributed by atoms with van der Waals surface area (Å²) in [5.41, 5.74) is 2.19. The quantitative estimate of drug-likeness (QED) is 0.310. The minimum absolute atomic E-state index is 0.0263. The first kappa shape index (κ1) is 25.5. The fourth-order valence-electron chi connectivity index (χ4n) is 4.59. The number of aliphatic hydroxyl groups excluding tert-OH is 5. The minimum Gasteiger partial charge on any atom is -0.504 e. The van der Waals surface area contributed by atoms with Crippen LogP contribution in [0.5, 0.6) is 23.0 Å². The molecule has 6 N–H and O–H groups in total. The number of aryl methyl sites for hydroxylation is 1. The Bertz CT molecular complexity index is 1030. The summed E-state index contributed by atoms with van der Waals surface area (Å²) in [4.78, 5) is 0. The average molecular weight is 493 g/mol. The number of phenolic OH excluding ortho intramolecular Hbond substituents is 1. The zero-order valence-corrected chi connectivity index (χ0v) is 19.6. The van der Waals surface area contributed by atoms with Crippen LogP contribution >= 0.6 is 0 Å². The van der Waals surface area contributed by atoms with E-state index in [1.165, 1.54) is 7.11 Å². The van der Waals surface area contributed by atoms with Gasteiger partial charge in [0.15, 0.2) is 23.0 Å².